The number of benzene rings is 3. The molecule has 3 aromatic rings. The lowest BCUT2D eigenvalue weighted by Crippen LogP contribution is -2.26. The number of esters is 1. The van der Waals surface area contributed by atoms with Gasteiger partial charge in [-0.25, -0.2) is 17.6 Å². The number of nitro groups is 1. The van der Waals surface area contributed by atoms with E-state index in [0.717, 1.165) is 22.5 Å². The van der Waals surface area contributed by atoms with E-state index < -0.39 is 33.3 Å². The molecule has 0 aliphatic heterocycles. The molecule has 0 fully saturated rings. The summed E-state index contributed by atoms with van der Waals surface area (Å²) in [5.74, 6) is -1.47. The van der Waals surface area contributed by atoms with Gasteiger partial charge in [0.2, 0.25) is 0 Å². The Morgan fingerprint density at radius 1 is 1.12 bits per heavy atom. The second-order valence-electron chi connectivity index (χ2n) is 6.55. The Bertz CT molecular complexity index is 1280. The molecule has 0 amide bonds. The first-order valence-electron chi connectivity index (χ1n) is 9.04. The second kappa shape index (κ2) is 9.33. The van der Waals surface area contributed by atoms with E-state index in [0.29, 0.717) is 0 Å². The fourth-order valence-corrected chi connectivity index (χ4v) is 4.22. The van der Waals surface area contributed by atoms with Gasteiger partial charge >= 0.3 is 5.97 Å². The van der Waals surface area contributed by atoms with Gasteiger partial charge in [0.15, 0.2) is 0 Å². The molecule has 0 saturated carbocycles. The average molecular weight is 479 g/mol. The standard InChI is InChI=1S/C21H16ClFN2O6S/c1-24(16-8-6-15(23)7-9-16)32(29,30)17-10-11-19(22)18(12-17)21(26)31-13-14-4-2-3-5-20(14)25(27)28/h2-12H,13H2,1H3. The maximum Gasteiger partial charge on any atom is 0.340 e. The second-order valence-corrected chi connectivity index (χ2v) is 8.93. The smallest absolute Gasteiger partial charge is 0.340 e. The van der Waals surface area contributed by atoms with E-state index in [-0.39, 0.29) is 32.4 Å². The van der Waals surface area contributed by atoms with Crippen molar-refractivity contribution < 1.29 is 27.3 Å². The van der Waals surface area contributed by atoms with Crippen molar-refractivity contribution in [3.8, 4) is 0 Å². The number of rotatable bonds is 7. The maximum absolute atomic E-state index is 13.1. The van der Waals surface area contributed by atoms with E-state index in [1.54, 1.807) is 6.07 Å². The van der Waals surface area contributed by atoms with E-state index >= 15 is 0 Å². The zero-order chi connectivity index (χ0) is 23.5. The number of ether oxygens (including phenoxy) is 1. The molecule has 0 saturated heterocycles. The molecule has 0 unspecified atom stereocenters. The molecule has 166 valence electrons. The molecule has 0 N–H and O–H groups in total. The highest BCUT2D eigenvalue weighted by atomic mass is 35.5. The van der Waals surface area contributed by atoms with Crippen LogP contribution in [-0.2, 0) is 21.4 Å². The fraction of sp³-hybridized carbons (Fsp3) is 0.0952. The predicted octanol–water partition coefficient (Wildman–Crippen LogP) is 4.57. The lowest BCUT2D eigenvalue weighted by Gasteiger charge is -2.20. The van der Waals surface area contributed by atoms with Crippen LogP contribution in [0.15, 0.2) is 71.6 Å². The first-order chi connectivity index (χ1) is 15.1. The fourth-order valence-electron chi connectivity index (χ4n) is 2.80. The van der Waals surface area contributed by atoms with Crippen molar-refractivity contribution in [3.05, 3.63) is 98.8 Å². The Morgan fingerprint density at radius 2 is 1.78 bits per heavy atom. The normalized spacial score (nSPS) is 11.1. The number of anilines is 1. The van der Waals surface area contributed by atoms with Crippen LogP contribution in [0, 0.1) is 15.9 Å². The topological polar surface area (TPSA) is 107 Å². The van der Waals surface area contributed by atoms with Gasteiger partial charge in [-0.3, -0.25) is 14.4 Å². The van der Waals surface area contributed by atoms with E-state index in [1.165, 1.54) is 49.5 Å². The summed E-state index contributed by atoms with van der Waals surface area (Å²) in [6, 6.07) is 14.1. The molecule has 8 nitrogen and oxygen atoms in total. The molecule has 0 aliphatic rings. The predicted molar refractivity (Wildman–Crippen MR) is 116 cm³/mol. The van der Waals surface area contributed by atoms with Crippen molar-refractivity contribution in [3.63, 3.8) is 0 Å². The van der Waals surface area contributed by atoms with E-state index in [1.807, 2.05) is 0 Å². The summed E-state index contributed by atoms with van der Waals surface area (Å²) in [6.07, 6.45) is 0. The molecule has 0 heterocycles. The quantitative estimate of drug-likeness (QED) is 0.280. The van der Waals surface area contributed by atoms with Crippen molar-refractivity contribution in [2.45, 2.75) is 11.5 Å². The molecule has 0 spiro atoms. The molecule has 0 radical (unpaired) electrons. The van der Waals surface area contributed by atoms with Crippen molar-refractivity contribution in [2.24, 2.45) is 0 Å². The maximum atomic E-state index is 13.1. The highest BCUT2D eigenvalue weighted by Gasteiger charge is 2.25. The Labute approximate surface area is 188 Å². The summed E-state index contributed by atoms with van der Waals surface area (Å²) in [7, 11) is -2.83. The molecule has 0 bridgehead atoms. The van der Waals surface area contributed by atoms with Crippen LogP contribution in [0.2, 0.25) is 5.02 Å². The summed E-state index contributed by atoms with van der Waals surface area (Å²) in [6.45, 7) is -0.404. The van der Waals surface area contributed by atoms with Gasteiger partial charge < -0.3 is 4.74 Å². The van der Waals surface area contributed by atoms with Crippen molar-refractivity contribution in [2.75, 3.05) is 11.4 Å². The van der Waals surface area contributed by atoms with Gasteiger partial charge in [-0.1, -0.05) is 23.7 Å². The lowest BCUT2D eigenvalue weighted by molar-refractivity contribution is -0.385. The lowest BCUT2D eigenvalue weighted by atomic mass is 10.2. The van der Waals surface area contributed by atoms with Crippen molar-refractivity contribution in [1.82, 2.24) is 0 Å². The summed E-state index contributed by atoms with van der Waals surface area (Å²) in [5.41, 5.74) is -0.0638. The number of nitro benzene ring substituents is 1. The first-order valence-corrected chi connectivity index (χ1v) is 10.9. The third-order valence-electron chi connectivity index (χ3n) is 4.55. The van der Waals surface area contributed by atoms with Gasteiger partial charge in [0.1, 0.15) is 12.4 Å². The Morgan fingerprint density at radius 3 is 2.44 bits per heavy atom. The van der Waals surface area contributed by atoms with Crippen molar-refractivity contribution in [1.29, 1.82) is 0 Å². The number of hydrogen-bond acceptors (Lipinski definition) is 6. The average Bonchev–Trinajstić information content (AvgIpc) is 2.77. The van der Waals surface area contributed by atoms with E-state index in [2.05, 4.69) is 0 Å². The van der Waals surface area contributed by atoms with E-state index in [9.17, 15) is 27.7 Å². The third kappa shape index (κ3) is 4.87. The van der Waals surface area contributed by atoms with Crippen molar-refractivity contribution >= 4 is 39.0 Å². The highest BCUT2D eigenvalue weighted by molar-refractivity contribution is 7.92. The summed E-state index contributed by atoms with van der Waals surface area (Å²) in [5, 5.41) is 11.0. The first kappa shape index (κ1) is 23.2. The zero-order valence-corrected chi connectivity index (χ0v) is 18.1. The van der Waals surface area contributed by atoms with Crippen LogP contribution in [0.4, 0.5) is 15.8 Å². The van der Waals surface area contributed by atoms with Crippen LogP contribution >= 0.6 is 11.6 Å². The largest absolute Gasteiger partial charge is 0.457 e. The van der Waals surface area contributed by atoms with Gasteiger partial charge in [0.05, 0.1) is 31.7 Å². The summed E-state index contributed by atoms with van der Waals surface area (Å²) in [4.78, 5) is 22.8. The van der Waals surface area contributed by atoms with Gasteiger partial charge in [-0.05, 0) is 48.5 Å². The monoisotopic (exact) mass is 478 g/mol. The molecule has 32 heavy (non-hydrogen) atoms. The molecule has 3 rings (SSSR count). The van der Waals surface area contributed by atoms with Crippen LogP contribution in [0.5, 0.6) is 0 Å². The minimum atomic E-state index is -4.11. The third-order valence-corrected chi connectivity index (χ3v) is 6.66. The number of nitrogens with zero attached hydrogens (tertiary/aromatic N) is 2. The van der Waals surface area contributed by atoms with Gasteiger partial charge in [-0.15, -0.1) is 0 Å². The molecule has 0 aromatic heterocycles. The summed E-state index contributed by atoms with van der Waals surface area (Å²) >= 11 is 6.06. The van der Waals surface area contributed by atoms with Crippen LogP contribution in [0.25, 0.3) is 0 Å². The number of sulfonamides is 1. The number of hydrogen-bond donors (Lipinski definition) is 0. The number of carbonyl (C=O) groups is 1. The minimum absolute atomic E-state index is 0.0547. The summed E-state index contributed by atoms with van der Waals surface area (Å²) < 4.78 is 45.1. The molecule has 0 atom stereocenters. The van der Waals surface area contributed by atoms with Crippen LogP contribution in [0.3, 0.4) is 0 Å². The highest BCUT2D eigenvalue weighted by Crippen LogP contribution is 2.27. The Kier molecular flexibility index (Phi) is 6.75. The number of para-hydroxylation sites is 1. The van der Waals surface area contributed by atoms with Gasteiger partial charge in [0, 0.05) is 13.1 Å². The SMILES string of the molecule is CN(c1ccc(F)cc1)S(=O)(=O)c1ccc(Cl)c(C(=O)OCc2ccccc2[N+](=O)[O-])c1. The van der Waals surface area contributed by atoms with Crippen LogP contribution < -0.4 is 4.31 Å². The van der Waals surface area contributed by atoms with Crippen LogP contribution in [0.1, 0.15) is 15.9 Å². The number of carbonyl (C=O) groups excluding carboxylic acids is 1. The Hall–Kier alpha value is -3.50. The number of halogens is 2. The van der Waals surface area contributed by atoms with Gasteiger partial charge in [-0.2, -0.15) is 0 Å². The molecule has 0 aliphatic carbocycles. The Balaban J connectivity index is 1.86. The van der Waals surface area contributed by atoms with E-state index in [4.69, 9.17) is 16.3 Å². The zero-order valence-electron chi connectivity index (χ0n) is 16.6. The molecule has 3 aromatic carbocycles. The van der Waals surface area contributed by atoms with Gasteiger partial charge in [0.25, 0.3) is 15.7 Å². The molecule has 11 heteroatoms. The van der Waals surface area contributed by atoms with Crippen LogP contribution in [-0.4, -0.2) is 26.4 Å². The minimum Gasteiger partial charge on any atom is -0.457 e. The molecular weight excluding hydrogens is 463 g/mol. The molecular formula is C21H16ClFN2O6S.